The Morgan fingerprint density at radius 3 is 2.50 bits per heavy atom. The molecule has 0 aliphatic carbocycles. The molecule has 1 aromatic carbocycles. The van der Waals surface area contributed by atoms with Gasteiger partial charge in [-0.2, -0.15) is 13.2 Å². The van der Waals surface area contributed by atoms with Crippen molar-refractivity contribution in [3.8, 4) is 5.75 Å². The van der Waals surface area contributed by atoms with E-state index in [9.17, 15) is 23.3 Å². The first-order chi connectivity index (χ1) is 10.3. The van der Waals surface area contributed by atoms with Crippen LogP contribution in [-0.4, -0.2) is 36.6 Å². The van der Waals surface area contributed by atoms with Gasteiger partial charge in [0.1, 0.15) is 5.75 Å². The minimum Gasteiger partial charge on any atom is -0.493 e. The van der Waals surface area contributed by atoms with Gasteiger partial charge in [-0.15, -0.1) is 0 Å². The lowest BCUT2D eigenvalue weighted by atomic mass is 9.98. The molecule has 0 N–H and O–H groups in total. The second-order valence-corrected chi connectivity index (χ2v) is 5.53. The summed E-state index contributed by atoms with van der Waals surface area (Å²) in [6, 6.07) is 2.36. The molecular weight excluding hydrogens is 301 g/mol. The molecular formula is C14H17F3N2O3. The Kier molecular flexibility index (Phi) is 4.90. The van der Waals surface area contributed by atoms with E-state index in [-0.39, 0.29) is 18.3 Å². The molecule has 22 heavy (non-hydrogen) atoms. The quantitative estimate of drug-likeness (QED) is 0.631. The average molecular weight is 318 g/mol. The molecule has 0 atom stereocenters. The zero-order valence-electron chi connectivity index (χ0n) is 12.1. The van der Waals surface area contributed by atoms with Gasteiger partial charge < -0.3 is 9.64 Å². The Bertz CT molecular complexity index is 541. The van der Waals surface area contributed by atoms with Crippen molar-refractivity contribution in [3.05, 3.63) is 33.9 Å². The summed E-state index contributed by atoms with van der Waals surface area (Å²) < 4.78 is 43.7. The van der Waals surface area contributed by atoms with Gasteiger partial charge in [-0.05, 0) is 45.0 Å². The third-order valence-electron chi connectivity index (χ3n) is 3.75. The average Bonchev–Trinajstić information content (AvgIpc) is 2.45. The topological polar surface area (TPSA) is 55.6 Å². The minimum absolute atomic E-state index is 0.111. The van der Waals surface area contributed by atoms with Gasteiger partial charge in [-0.25, -0.2) is 0 Å². The van der Waals surface area contributed by atoms with Crippen LogP contribution in [0.5, 0.6) is 5.75 Å². The summed E-state index contributed by atoms with van der Waals surface area (Å²) in [6.45, 7) is 2.10. The number of nitrogens with zero attached hydrogens (tertiary/aromatic N) is 2. The standard InChI is InChI=1S/C14H17F3N2O3/c1-18-4-2-10(3-5-18)9-22-13-7-11(14(15,16)17)6-12(8-13)19(20)21/h6-8,10H,2-5,9H2,1H3. The second-order valence-electron chi connectivity index (χ2n) is 5.53. The number of nitro groups is 1. The number of hydrogen-bond acceptors (Lipinski definition) is 4. The number of alkyl halides is 3. The molecule has 1 saturated heterocycles. The van der Waals surface area contributed by atoms with Crippen molar-refractivity contribution < 1.29 is 22.8 Å². The third-order valence-corrected chi connectivity index (χ3v) is 3.75. The molecule has 1 aliphatic rings. The zero-order valence-corrected chi connectivity index (χ0v) is 12.1. The molecule has 0 saturated carbocycles. The summed E-state index contributed by atoms with van der Waals surface area (Å²) in [4.78, 5) is 12.1. The van der Waals surface area contributed by atoms with Gasteiger partial charge in [0.25, 0.3) is 5.69 Å². The van der Waals surface area contributed by atoms with Crippen LogP contribution in [0.3, 0.4) is 0 Å². The van der Waals surface area contributed by atoms with Crippen molar-refractivity contribution in [2.75, 3.05) is 26.7 Å². The van der Waals surface area contributed by atoms with Crippen LogP contribution >= 0.6 is 0 Å². The number of rotatable bonds is 4. The van der Waals surface area contributed by atoms with Crippen LogP contribution in [0.4, 0.5) is 18.9 Å². The number of nitro benzene ring substituents is 1. The summed E-state index contributed by atoms with van der Waals surface area (Å²) in [7, 11) is 2.01. The monoisotopic (exact) mass is 318 g/mol. The van der Waals surface area contributed by atoms with Gasteiger partial charge in [-0.1, -0.05) is 0 Å². The molecule has 1 fully saturated rings. The summed E-state index contributed by atoms with van der Waals surface area (Å²) in [5, 5.41) is 10.8. The van der Waals surface area contributed by atoms with Crippen molar-refractivity contribution in [1.82, 2.24) is 4.90 Å². The van der Waals surface area contributed by atoms with Gasteiger partial charge >= 0.3 is 6.18 Å². The van der Waals surface area contributed by atoms with Gasteiger partial charge in [0.2, 0.25) is 0 Å². The Hall–Kier alpha value is -1.83. The Labute approximate surface area is 125 Å². The van der Waals surface area contributed by atoms with E-state index in [2.05, 4.69) is 4.90 Å². The van der Waals surface area contributed by atoms with Crippen LogP contribution < -0.4 is 4.74 Å². The highest BCUT2D eigenvalue weighted by Crippen LogP contribution is 2.35. The van der Waals surface area contributed by atoms with E-state index in [0.717, 1.165) is 38.1 Å². The fourth-order valence-corrected chi connectivity index (χ4v) is 2.38. The molecule has 0 bridgehead atoms. The van der Waals surface area contributed by atoms with Crippen molar-refractivity contribution in [2.45, 2.75) is 19.0 Å². The lowest BCUT2D eigenvalue weighted by Crippen LogP contribution is -2.32. The molecule has 122 valence electrons. The van der Waals surface area contributed by atoms with E-state index in [4.69, 9.17) is 4.74 Å². The molecule has 0 spiro atoms. The predicted octanol–water partition coefficient (Wildman–Crippen LogP) is 3.33. The zero-order chi connectivity index (χ0) is 16.3. The maximum atomic E-state index is 12.8. The minimum atomic E-state index is -4.64. The maximum Gasteiger partial charge on any atom is 0.416 e. The molecule has 0 aromatic heterocycles. The number of likely N-dealkylation sites (tertiary alicyclic amines) is 1. The molecule has 1 aliphatic heterocycles. The summed E-state index contributed by atoms with van der Waals surface area (Å²) in [6.07, 6.45) is -2.84. The van der Waals surface area contributed by atoms with Crippen molar-refractivity contribution in [1.29, 1.82) is 0 Å². The molecule has 5 nitrogen and oxygen atoms in total. The van der Waals surface area contributed by atoms with E-state index < -0.39 is 22.4 Å². The van der Waals surface area contributed by atoms with Gasteiger partial charge in [0, 0.05) is 6.07 Å². The largest absolute Gasteiger partial charge is 0.493 e. The fourth-order valence-electron chi connectivity index (χ4n) is 2.38. The molecule has 1 heterocycles. The van der Waals surface area contributed by atoms with E-state index in [0.29, 0.717) is 6.07 Å². The highest BCUT2D eigenvalue weighted by atomic mass is 19.4. The first-order valence-electron chi connectivity index (χ1n) is 6.93. The number of non-ortho nitro benzene ring substituents is 1. The van der Waals surface area contributed by atoms with E-state index in [1.54, 1.807) is 0 Å². The van der Waals surface area contributed by atoms with Gasteiger partial charge in [0.15, 0.2) is 0 Å². The smallest absolute Gasteiger partial charge is 0.416 e. The molecule has 8 heteroatoms. The highest BCUT2D eigenvalue weighted by Gasteiger charge is 2.33. The van der Waals surface area contributed by atoms with Crippen LogP contribution in [0.15, 0.2) is 18.2 Å². The SMILES string of the molecule is CN1CCC(COc2cc([N+](=O)[O-])cc(C(F)(F)F)c2)CC1. The van der Waals surface area contributed by atoms with Crippen LogP contribution in [0.25, 0.3) is 0 Å². The van der Waals surface area contributed by atoms with Crippen molar-refractivity contribution >= 4 is 5.69 Å². The first-order valence-corrected chi connectivity index (χ1v) is 6.93. The molecule has 2 rings (SSSR count). The Morgan fingerprint density at radius 2 is 1.95 bits per heavy atom. The summed E-state index contributed by atoms with van der Waals surface area (Å²) in [5.74, 6) is 0.144. The van der Waals surface area contributed by atoms with E-state index >= 15 is 0 Å². The predicted molar refractivity (Wildman–Crippen MR) is 73.8 cm³/mol. The van der Waals surface area contributed by atoms with E-state index in [1.807, 2.05) is 7.05 Å². The molecule has 0 radical (unpaired) electrons. The van der Waals surface area contributed by atoms with Crippen molar-refractivity contribution in [2.24, 2.45) is 5.92 Å². The lowest BCUT2D eigenvalue weighted by Gasteiger charge is -2.28. The Balaban J connectivity index is 2.09. The molecule has 0 unspecified atom stereocenters. The van der Waals surface area contributed by atoms with Gasteiger partial charge in [0.05, 0.1) is 23.2 Å². The fraction of sp³-hybridized carbons (Fsp3) is 0.571. The van der Waals surface area contributed by atoms with E-state index in [1.165, 1.54) is 0 Å². The van der Waals surface area contributed by atoms with Crippen LogP contribution in [-0.2, 0) is 6.18 Å². The van der Waals surface area contributed by atoms with Crippen LogP contribution in [0.2, 0.25) is 0 Å². The third kappa shape index (κ3) is 4.33. The normalized spacial score (nSPS) is 17.5. The highest BCUT2D eigenvalue weighted by molar-refractivity contribution is 5.43. The first kappa shape index (κ1) is 16.5. The molecule has 0 amide bonds. The number of hydrogen-bond donors (Lipinski definition) is 0. The summed E-state index contributed by atoms with van der Waals surface area (Å²) in [5.41, 5.74) is -1.69. The Morgan fingerprint density at radius 1 is 1.32 bits per heavy atom. The maximum absolute atomic E-state index is 12.8. The summed E-state index contributed by atoms with van der Waals surface area (Å²) >= 11 is 0. The van der Waals surface area contributed by atoms with Crippen LogP contribution in [0, 0.1) is 16.0 Å². The van der Waals surface area contributed by atoms with Crippen LogP contribution in [0.1, 0.15) is 18.4 Å². The second kappa shape index (κ2) is 6.51. The lowest BCUT2D eigenvalue weighted by molar-refractivity contribution is -0.385. The molecule has 1 aromatic rings. The van der Waals surface area contributed by atoms with Gasteiger partial charge in [-0.3, -0.25) is 10.1 Å². The number of benzene rings is 1. The number of piperidine rings is 1. The van der Waals surface area contributed by atoms with Crippen molar-refractivity contribution in [3.63, 3.8) is 0 Å². The number of halogens is 3. The number of ether oxygens (including phenoxy) is 1.